The van der Waals surface area contributed by atoms with Crippen LogP contribution in [0.15, 0.2) is 24.3 Å². The van der Waals surface area contributed by atoms with Crippen molar-refractivity contribution >= 4 is 23.6 Å². The summed E-state index contributed by atoms with van der Waals surface area (Å²) in [7, 11) is 3.35. The zero-order valence-corrected chi connectivity index (χ0v) is 22.1. The monoisotopic (exact) mass is 522 g/mol. The first kappa shape index (κ1) is 25.6. The minimum Gasteiger partial charge on any atom is -0.465 e. The fraction of sp³-hybridized carbons (Fsp3) is 0.462. The Hall–Kier alpha value is -4.09. The number of hydrogen-bond donors (Lipinski definition) is 1. The highest BCUT2D eigenvalue weighted by Crippen LogP contribution is 2.36. The van der Waals surface area contributed by atoms with Crippen LogP contribution in [0.2, 0.25) is 0 Å². The molecule has 12 heteroatoms. The Morgan fingerprint density at radius 1 is 1.21 bits per heavy atom. The lowest BCUT2D eigenvalue weighted by molar-refractivity contribution is 0.0996. The van der Waals surface area contributed by atoms with E-state index in [1.54, 1.807) is 29.2 Å². The van der Waals surface area contributed by atoms with Gasteiger partial charge in [-0.2, -0.15) is 0 Å². The lowest BCUT2D eigenvalue weighted by atomic mass is 10.1. The lowest BCUT2D eigenvalue weighted by Crippen LogP contribution is -2.29. The minimum atomic E-state index is -1.08. The molecule has 0 radical (unpaired) electrons. The molecule has 0 aliphatic carbocycles. The van der Waals surface area contributed by atoms with Crippen molar-refractivity contribution in [2.75, 3.05) is 23.9 Å². The van der Waals surface area contributed by atoms with E-state index >= 15 is 0 Å². The lowest BCUT2D eigenvalue weighted by Gasteiger charge is -2.24. The van der Waals surface area contributed by atoms with Crippen molar-refractivity contribution in [3.63, 3.8) is 0 Å². The molecular weight excluding hydrogens is 491 g/mol. The Kier molecular flexibility index (Phi) is 6.49. The predicted molar refractivity (Wildman–Crippen MR) is 139 cm³/mol. The van der Waals surface area contributed by atoms with Crippen LogP contribution in [0.1, 0.15) is 60.7 Å². The summed E-state index contributed by atoms with van der Waals surface area (Å²) in [6, 6.07) is 6.82. The van der Waals surface area contributed by atoms with Gasteiger partial charge < -0.3 is 19.5 Å². The highest BCUT2D eigenvalue weighted by molar-refractivity contribution is 6.10. The number of aryl methyl sites for hydroxylation is 1. The maximum absolute atomic E-state index is 14.3. The van der Waals surface area contributed by atoms with Gasteiger partial charge in [-0.25, -0.2) is 19.2 Å². The van der Waals surface area contributed by atoms with Crippen LogP contribution in [0.3, 0.4) is 0 Å². The zero-order valence-electron chi connectivity index (χ0n) is 22.1. The van der Waals surface area contributed by atoms with Gasteiger partial charge in [-0.05, 0) is 45.4 Å². The molecule has 0 fully saturated rings. The molecule has 5 rings (SSSR count). The van der Waals surface area contributed by atoms with Gasteiger partial charge in [0.15, 0.2) is 5.82 Å². The van der Waals surface area contributed by atoms with Gasteiger partial charge >= 0.3 is 6.09 Å². The van der Waals surface area contributed by atoms with E-state index in [0.717, 1.165) is 10.7 Å². The van der Waals surface area contributed by atoms with Gasteiger partial charge in [0.2, 0.25) is 0 Å². The van der Waals surface area contributed by atoms with Crippen molar-refractivity contribution in [3.05, 3.63) is 46.9 Å². The molecule has 5 heterocycles. The van der Waals surface area contributed by atoms with E-state index < -0.39 is 12.3 Å². The average Bonchev–Trinajstić information content (AvgIpc) is 3.57. The number of aromatic nitrogens is 5. The first-order valence-corrected chi connectivity index (χ1v) is 12.6. The van der Waals surface area contributed by atoms with Crippen LogP contribution in [0.25, 0.3) is 11.5 Å². The van der Waals surface area contributed by atoms with Crippen molar-refractivity contribution in [1.29, 1.82) is 0 Å². The molecule has 2 amide bonds. The number of amides is 2. The summed E-state index contributed by atoms with van der Waals surface area (Å²) in [5.41, 5.74) is 2.17. The number of nitrogens with zero attached hydrogens (tertiary/aromatic N) is 8. The van der Waals surface area contributed by atoms with E-state index in [2.05, 4.69) is 10.2 Å². The molecule has 0 saturated carbocycles. The summed E-state index contributed by atoms with van der Waals surface area (Å²) in [5.74, 6) is 1.97. The van der Waals surface area contributed by atoms with Crippen LogP contribution in [0.4, 0.5) is 20.8 Å². The smallest absolute Gasteiger partial charge is 0.407 e. The molecule has 1 unspecified atom stereocenters. The van der Waals surface area contributed by atoms with Crippen LogP contribution < -0.4 is 9.80 Å². The Bertz CT molecular complexity index is 1410. The van der Waals surface area contributed by atoms with Gasteiger partial charge in [-0.3, -0.25) is 9.69 Å². The molecule has 38 heavy (non-hydrogen) atoms. The summed E-state index contributed by atoms with van der Waals surface area (Å²) in [5, 5.41) is 18.0. The van der Waals surface area contributed by atoms with Gasteiger partial charge in [0, 0.05) is 32.1 Å². The van der Waals surface area contributed by atoms with Crippen molar-refractivity contribution in [2.24, 2.45) is 0 Å². The Balaban J connectivity index is 1.52. The molecule has 0 bridgehead atoms. The van der Waals surface area contributed by atoms with Crippen LogP contribution in [-0.4, -0.2) is 73.0 Å². The van der Waals surface area contributed by atoms with E-state index in [0.29, 0.717) is 52.8 Å². The number of carbonyl (C=O) groups is 2. The minimum absolute atomic E-state index is 0.0424. The molecule has 0 saturated heterocycles. The highest BCUT2D eigenvalue weighted by Gasteiger charge is 2.35. The number of carboxylic acid groups (broad SMARTS) is 1. The molecule has 3 aromatic heterocycles. The molecule has 0 spiro atoms. The second-order valence-electron chi connectivity index (χ2n) is 10.2. The molecule has 2 atom stereocenters. The SMILES string of the molecule is CC(F)[C@H]1CCc2nnc(-c3cccc(N4Cc5c(cc(N(C)C(C)C)nc5CN(C)C(=O)O)C4=O)n3)n21. The molecule has 200 valence electrons. The first-order valence-electron chi connectivity index (χ1n) is 12.6. The van der Waals surface area contributed by atoms with E-state index in [9.17, 15) is 19.1 Å². The number of carbonyl (C=O) groups excluding carboxylic acids is 1. The number of halogens is 1. The molecule has 11 nitrogen and oxygen atoms in total. The molecule has 1 N–H and O–H groups in total. The van der Waals surface area contributed by atoms with E-state index in [1.807, 2.05) is 30.4 Å². The quantitative estimate of drug-likeness (QED) is 0.499. The normalized spacial score (nSPS) is 17.1. The summed E-state index contributed by atoms with van der Waals surface area (Å²) in [6.45, 7) is 5.80. The molecule has 0 aromatic carbocycles. The first-order chi connectivity index (χ1) is 18.1. The number of alkyl halides is 1. The Morgan fingerprint density at radius 3 is 2.66 bits per heavy atom. The fourth-order valence-electron chi connectivity index (χ4n) is 4.96. The van der Waals surface area contributed by atoms with Crippen LogP contribution in [0, 0.1) is 0 Å². The van der Waals surface area contributed by atoms with Crippen molar-refractivity contribution in [2.45, 2.75) is 65.0 Å². The summed E-state index contributed by atoms with van der Waals surface area (Å²) in [4.78, 5) is 39.3. The number of hydrogen-bond acceptors (Lipinski definition) is 7. The number of pyridine rings is 2. The van der Waals surface area contributed by atoms with Crippen molar-refractivity contribution in [3.8, 4) is 11.5 Å². The van der Waals surface area contributed by atoms with Gasteiger partial charge in [-0.1, -0.05) is 6.07 Å². The van der Waals surface area contributed by atoms with E-state index in [1.165, 1.54) is 14.0 Å². The Labute approximate surface area is 219 Å². The van der Waals surface area contributed by atoms with E-state index in [4.69, 9.17) is 9.97 Å². The molecule has 2 aliphatic rings. The third-order valence-corrected chi connectivity index (χ3v) is 7.37. The van der Waals surface area contributed by atoms with Gasteiger partial charge in [0.25, 0.3) is 5.91 Å². The number of anilines is 2. The highest BCUT2D eigenvalue weighted by atomic mass is 19.1. The van der Waals surface area contributed by atoms with Gasteiger partial charge in [0.05, 0.1) is 30.4 Å². The number of rotatable bonds is 7. The maximum Gasteiger partial charge on any atom is 0.407 e. The van der Waals surface area contributed by atoms with Gasteiger partial charge in [0.1, 0.15) is 29.3 Å². The largest absolute Gasteiger partial charge is 0.465 e. The third-order valence-electron chi connectivity index (χ3n) is 7.37. The maximum atomic E-state index is 14.3. The van der Waals surface area contributed by atoms with Crippen molar-refractivity contribution < 1.29 is 19.1 Å². The second kappa shape index (κ2) is 9.66. The summed E-state index contributed by atoms with van der Waals surface area (Å²) in [6.07, 6.45) is -0.834. The summed E-state index contributed by atoms with van der Waals surface area (Å²) >= 11 is 0. The van der Waals surface area contributed by atoms with Crippen LogP contribution >= 0.6 is 0 Å². The topological polar surface area (TPSA) is 121 Å². The molecule has 3 aromatic rings. The zero-order chi connectivity index (χ0) is 27.3. The third kappa shape index (κ3) is 4.33. The van der Waals surface area contributed by atoms with Gasteiger partial charge in [-0.15, -0.1) is 10.2 Å². The molecular formula is C26H31FN8O3. The van der Waals surface area contributed by atoms with E-state index in [-0.39, 0.29) is 31.1 Å². The second-order valence-corrected chi connectivity index (χ2v) is 10.2. The fourth-order valence-corrected chi connectivity index (χ4v) is 4.96. The van der Waals surface area contributed by atoms with Crippen LogP contribution in [0.5, 0.6) is 0 Å². The molecule has 2 aliphatic heterocycles. The predicted octanol–water partition coefficient (Wildman–Crippen LogP) is 3.70. The Morgan fingerprint density at radius 2 is 1.97 bits per heavy atom. The van der Waals surface area contributed by atoms with Crippen LogP contribution in [-0.2, 0) is 19.5 Å². The standard InChI is InChI=1S/C26H31FN8O3/c1-14(2)33(5)23-11-16-17(19(29-23)13-32(4)26(37)38)12-34(25(16)36)21-8-6-7-18(28-21)24-31-30-22-10-9-20(15(3)27)35(22)24/h6-8,11,14-15,20H,9-10,12-13H2,1-5H3,(H,37,38)/t15?,20-/m1/s1. The summed E-state index contributed by atoms with van der Waals surface area (Å²) < 4.78 is 16.1. The van der Waals surface area contributed by atoms with Crippen molar-refractivity contribution in [1.82, 2.24) is 29.6 Å². The average molecular weight is 523 g/mol. The number of fused-ring (bicyclic) bond motifs is 2.